The third kappa shape index (κ3) is 2.33. The summed E-state index contributed by atoms with van der Waals surface area (Å²) in [5, 5.41) is 3.48. The summed E-state index contributed by atoms with van der Waals surface area (Å²) in [7, 11) is 1.43. The fourth-order valence-corrected chi connectivity index (χ4v) is 3.18. The fourth-order valence-electron chi connectivity index (χ4n) is 3.18. The quantitative estimate of drug-likeness (QED) is 0.716. The number of methoxy groups -OCH3 is 1. The smallest absolute Gasteiger partial charge is 0.306 e. The summed E-state index contributed by atoms with van der Waals surface area (Å²) >= 11 is 0. The zero-order valence-corrected chi connectivity index (χ0v) is 10.8. The van der Waals surface area contributed by atoms with E-state index in [0.29, 0.717) is 24.0 Å². The Balaban J connectivity index is 1.74. The molecule has 0 amide bonds. The van der Waals surface area contributed by atoms with Crippen molar-refractivity contribution >= 4 is 5.97 Å². The van der Waals surface area contributed by atoms with Crippen LogP contribution < -0.4 is 5.32 Å². The van der Waals surface area contributed by atoms with Crippen LogP contribution in [0.15, 0.2) is 0 Å². The van der Waals surface area contributed by atoms with E-state index in [2.05, 4.69) is 17.0 Å². The summed E-state index contributed by atoms with van der Waals surface area (Å²) in [6.07, 6.45) is 5.86. The third-order valence-corrected chi connectivity index (χ3v) is 4.38. The molecule has 0 aromatic rings. The van der Waals surface area contributed by atoms with Crippen LogP contribution in [-0.4, -0.2) is 38.4 Å². The molecule has 1 spiro atoms. The molecule has 0 bridgehead atoms. The highest BCUT2D eigenvalue weighted by molar-refractivity contribution is 5.69. The lowest BCUT2D eigenvalue weighted by molar-refractivity contribution is -0.172. The van der Waals surface area contributed by atoms with Gasteiger partial charge in [-0.05, 0) is 26.2 Å². The van der Waals surface area contributed by atoms with Gasteiger partial charge < -0.3 is 14.8 Å². The Morgan fingerprint density at radius 1 is 1.47 bits per heavy atom. The molecule has 0 aromatic heterocycles. The molecule has 2 atom stereocenters. The Morgan fingerprint density at radius 2 is 2.24 bits per heavy atom. The summed E-state index contributed by atoms with van der Waals surface area (Å²) in [5.74, 6) is -0.138. The van der Waals surface area contributed by atoms with Gasteiger partial charge in [0.25, 0.3) is 0 Å². The van der Waals surface area contributed by atoms with Crippen molar-refractivity contribution < 1.29 is 14.3 Å². The van der Waals surface area contributed by atoms with Gasteiger partial charge in [0, 0.05) is 24.6 Å². The first-order valence-corrected chi connectivity index (χ1v) is 6.64. The zero-order chi connectivity index (χ0) is 12.3. The van der Waals surface area contributed by atoms with Crippen LogP contribution in [0.5, 0.6) is 0 Å². The molecule has 0 aromatic carbocycles. The summed E-state index contributed by atoms with van der Waals surface area (Å²) in [5.41, 5.74) is 0.381. The van der Waals surface area contributed by atoms with Crippen LogP contribution in [0.1, 0.15) is 39.0 Å². The Labute approximate surface area is 103 Å². The maximum atomic E-state index is 11.0. The molecule has 0 saturated heterocycles. The second kappa shape index (κ2) is 5.36. The average Bonchev–Trinajstić information content (AvgIpc) is 2.24. The van der Waals surface area contributed by atoms with E-state index in [-0.39, 0.29) is 5.97 Å². The third-order valence-electron chi connectivity index (χ3n) is 4.38. The van der Waals surface area contributed by atoms with E-state index in [9.17, 15) is 4.79 Å². The molecule has 4 nitrogen and oxygen atoms in total. The Kier molecular flexibility index (Phi) is 4.05. The number of hydrogen-bond donors (Lipinski definition) is 1. The van der Waals surface area contributed by atoms with Crippen molar-refractivity contribution in [2.45, 2.75) is 51.2 Å². The highest BCUT2D eigenvalue weighted by Gasteiger charge is 2.58. The number of rotatable bonds is 6. The van der Waals surface area contributed by atoms with Gasteiger partial charge in [0.2, 0.25) is 0 Å². The lowest BCUT2D eigenvalue weighted by Crippen LogP contribution is -2.67. The number of carbonyl (C=O) groups is 1. The van der Waals surface area contributed by atoms with Crippen molar-refractivity contribution in [2.24, 2.45) is 5.41 Å². The van der Waals surface area contributed by atoms with Gasteiger partial charge in [-0.2, -0.15) is 0 Å². The molecule has 2 saturated carbocycles. The summed E-state index contributed by atoms with van der Waals surface area (Å²) < 4.78 is 10.4. The van der Waals surface area contributed by atoms with E-state index in [4.69, 9.17) is 4.74 Å². The first-order chi connectivity index (χ1) is 8.23. The van der Waals surface area contributed by atoms with Crippen LogP contribution in [0.25, 0.3) is 0 Å². The normalized spacial score (nSPS) is 29.5. The van der Waals surface area contributed by atoms with E-state index < -0.39 is 0 Å². The fraction of sp³-hybridized carbons (Fsp3) is 0.923. The second-order valence-corrected chi connectivity index (χ2v) is 5.10. The second-order valence-electron chi connectivity index (χ2n) is 5.10. The molecule has 2 aliphatic carbocycles. The van der Waals surface area contributed by atoms with Gasteiger partial charge in [0.15, 0.2) is 0 Å². The number of carbonyl (C=O) groups excluding carboxylic acids is 1. The average molecular weight is 241 g/mol. The van der Waals surface area contributed by atoms with Crippen LogP contribution in [0.2, 0.25) is 0 Å². The van der Waals surface area contributed by atoms with Crippen molar-refractivity contribution in [3.8, 4) is 0 Å². The molecule has 1 N–H and O–H groups in total. The topological polar surface area (TPSA) is 47.6 Å². The van der Waals surface area contributed by atoms with Crippen LogP contribution in [0.3, 0.4) is 0 Å². The first-order valence-electron chi connectivity index (χ1n) is 6.64. The minimum atomic E-state index is -0.138. The van der Waals surface area contributed by atoms with Crippen LogP contribution in [-0.2, 0) is 14.3 Å². The van der Waals surface area contributed by atoms with E-state index in [1.54, 1.807) is 0 Å². The Bertz CT molecular complexity index is 276. The molecule has 4 heteroatoms. The number of nitrogens with one attached hydrogen (secondary N) is 1. The van der Waals surface area contributed by atoms with Crippen molar-refractivity contribution in [2.75, 3.05) is 20.3 Å². The predicted molar refractivity (Wildman–Crippen MR) is 64.7 cm³/mol. The number of ether oxygens (including phenoxy) is 2. The molecule has 98 valence electrons. The molecule has 0 heterocycles. The summed E-state index contributed by atoms with van der Waals surface area (Å²) in [6, 6.07) is 0.539. The standard InChI is InChI=1S/C13H23NO3/c1-3-17-11-9-10(13(11)6-4-7-13)14-8-5-12(15)16-2/h10-11,14H,3-9H2,1-2H3. The lowest BCUT2D eigenvalue weighted by Gasteiger charge is -2.61. The van der Waals surface area contributed by atoms with Crippen molar-refractivity contribution in [1.29, 1.82) is 0 Å². The van der Waals surface area contributed by atoms with E-state index in [1.165, 1.54) is 26.4 Å². The van der Waals surface area contributed by atoms with Crippen LogP contribution >= 0.6 is 0 Å². The Morgan fingerprint density at radius 3 is 2.76 bits per heavy atom. The van der Waals surface area contributed by atoms with Gasteiger partial charge in [-0.3, -0.25) is 4.79 Å². The largest absolute Gasteiger partial charge is 0.469 e. The minimum absolute atomic E-state index is 0.138. The molecule has 17 heavy (non-hydrogen) atoms. The van der Waals surface area contributed by atoms with Crippen molar-refractivity contribution in [3.63, 3.8) is 0 Å². The maximum absolute atomic E-state index is 11.0. The molecule has 0 radical (unpaired) electrons. The van der Waals surface area contributed by atoms with E-state index in [0.717, 1.165) is 19.6 Å². The maximum Gasteiger partial charge on any atom is 0.306 e. The summed E-state index contributed by atoms with van der Waals surface area (Å²) in [6.45, 7) is 3.59. The van der Waals surface area contributed by atoms with Crippen LogP contribution in [0, 0.1) is 5.41 Å². The molecule has 2 unspecified atom stereocenters. The van der Waals surface area contributed by atoms with Gasteiger partial charge in [0.1, 0.15) is 0 Å². The molecular formula is C13H23NO3. The SMILES string of the molecule is CCOC1CC(NCCC(=O)OC)C12CCC2. The molecular weight excluding hydrogens is 218 g/mol. The van der Waals surface area contributed by atoms with E-state index in [1.807, 2.05) is 0 Å². The molecule has 0 aliphatic heterocycles. The van der Waals surface area contributed by atoms with Gasteiger partial charge in [-0.1, -0.05) is 6.42 Å². The molecule has 2 rings (SSSR count). The van der Waals surface area contributed by atoms with Gasteiger partial charge in [0.05, 0.1) is 19.6 Å². The lowest BCUT2D eigenvalue weighted by atomic mass is 9.51. The van der Waals surface area contributed by atoms with Gasteiger partial charge >= 0.3 is 5.97 Å². The summed E-state index contributed by atoms with van der Waals surface area (Å²) in [4.78, 5) is 11.0. The number of esters is 1. The minimum Gasteiger partial charge on any atom is -0.469 e. The monoisotopic (exact) mass is 241 g/mol. The van der Waals surface area contributed by atoms with Crippen LogP contribution in [0.4, 0.5) is 0 Å². The highest BCUT2D eigenvalue weighted by Crippen LogP contribution is 2.57. The van der Waals surface area contributed by atoms with Gasteiger partial charge in [-0.25, -0.2) is 0 Å². The Hall–Kier alpha value is -0.610. The van der Waals surface area contributed by atoms with Gasteiger partial charge in [-0.15, -0.1) is 0 Å². The molecule has 2 aliphatic rings. The predicted octanol–water partition coefficient (Wildman–Crippen LogP) is 1.49. The zero-order valence-electron chi connectivity index (χ0n) is 10.8. The van der Waals surface area contributed by atoms with Crippen molar-refractivity contribution in [3.05, 3.63) is 0 Å². The van der Waals surface area contributed by atoms with Crippen molar-refractivity contribution in [1.82, 2.24) is 5.32 Å². The first kappa shape index (κ1) is 12.8. The number of hydrogen-bond acceptors (Lipinski definition) is 4. The van der Waals surface area contributed by atoms with E-state index >= 15 is 0 Å². The molecule has 2 fully saturated rings. The highest BCUT2D eigenvalue weighted by atomic mass is 16.5.